The molecule has 1 fully saturated rings. The Kier molecular flexibility index (Phi) is 4.20. The number of nitrogens with two attached hydrogens (primary N) is 1. The van der Waals surface area contributed by atoms with Gasteiger partial charge in [-0.2, -0.15) is 0 Å². The molecule has 1 amide bonds. The topological polar surface area (TPSA) is 64.3 Å². The molecule has 0 bridgehead atoms. The van der Waals surface area contributed by atoms with E-state index >= 15 is 0 Å². The van der Waals surface area contributed by atoms with E-state index < -0.39 is 0 Å². The van der Waals surface area contributed by atoms with E-state index in [0.717, 1.165) is 30.7 Å². The van der Waals surface area contributed by atoms with Gasteiger partial charge in [0.05, 0.1) is 7.11 Å². The summed E-state index contributed by atoms with van der Waals surface area (Å²) in [6.45, 7) is 0. The zero-order valence-electron chi connectivity index (χ0n) is 10.7. The number of hydrogen-bond donors (Lipinski definition) is 2. The first-order valence-electron chi connectivity index (χ1n) is 6.38. The first-order chi connectivity index (χ1) is 8.69. The van der Waals surface area contributed by atoms with Crippen molar-refractivity contribution in [2.24, 2.45) is 11.7 Å². The summed E-state index contributed by atoms with van der Waals surface area (Å²) in [5, 5.41) is 2.89. The number of hydrogen-bond acceptors (Lipinski definition) is 3. The second kappa shape index (κ2) is 5.87. The lowest BCUT2D eigenvalue weighted by atomic mass is 10.00. The van der Waals surface area contributed by atoms with Crippen LogP contribution < -0.4 is 15.8 Å². The SMILES string of the molecule is COc1ccc(NC(=O)C[C@@H]2CCC[C@H]2N)cc1. The van der Waals surface area contributed by atoms with Crippen molar-refractivity contribution in [3.8, 4) is 5.75 Å². The molecule has 1 aromatic rings. The monoisotopic (exact) mass is 248 g/mol. The van der Waals surface area contributed by atoms with Crippen molar-refractivity contribution in [1.29, 1.82) is 0 Å². The van der Waals surface area contributed by atoms with E-state index in [0.29, 0.717) is 12.3 Å². The highest BCUT2D eigenvalue weighted by molar-refractivity contribution is 5.90. The van der Waals surface area contributed by atoms with Crippen molar-refractivity contribution in [3.05, 3.63) is 24.3 Å². The highest BCUT2D eigenvalue weighted by atomic mass is 16.5. The van der Waals surface area contributed by atoms with E-state index in [1.165, 1.54) is 0 Å². The molecule has 98 valence electrons. The normalized spacial score (nSPS) is 22.8. The van der Waals surface area contributed by atoms with Crippen LogP contribution in [0.4, 0.5) is 5.69 Å². The van der Waals surface area contributed by atoms with Gasteiger partial charge in [0.15, 0.2) is 0 Å². The molecule has 0 heterocycles. The van der Waals surface area contributed by atoms with E-state index in [1.807, 2.05) is 24.3 Å². The van der Waals surface area contributed by atoms with Crippen LogP contribution in [0.15, 0.2) is 24.3 Å². The maximum Gasteiger partial charge on any atom is 0.224 e. The zero-order chi connectivity index (χ0) is 13.0. The van der Waals surface area contributed by atoms with E-state index in [4.69, 9.17) is 10.5 Å². The van der Waals surface area contributed by atoms with Gasteiger partial charge in [0.2, 0.25) is 5.91 Å². The summed E-state index contributed by atoms with van der Waals surface area (Å²) >= 11 is 0. The summed E-state index contributed by atoms with van der Waals surface area (Å²) in [4.78, 5) is 11.9. The molecule has 4 heteroatoms. The van der Waals surface area contributed by atoms with Gasteiger partial charge in [-0.25, -0.2) is 0 Å². The van der Waals surface area contributed by atoms with Crippen LogP contribution in [-0.4, -0.2) is 19.1 Å². The van der Waals surface area contributed by atoms with Crippen molar-refractivity contribution < 1.29 is 9.53 Å². The Morgan fingerprint density at radius 3 is 2.67 bits per heavy atom. The quantitative estimate of drug-likeness (QED) is 0.858. The molecule has 0 saturated heterocycles. The molecule has 2 rings (SSSR count). The number of benzene rings is 1. The molecule has 2 atom stereocenters. The van der Waals surface area contributed by atoms with Crippen LogP contribution in [0.5, 0.6) is 5.75 Å². The minimum Gasteiger partial charge on any atom is -0.497 e. The molecule has 1 aliphatic carbocycles. The smallest absolute Gasteiger partial charge is 0.224 e. The molecule has 18 heavy (non-hydrogen) atoms. The van der Waals surface area contributed by atoms with E-state index in [-0.39, 0.29) is 11.9 Å². The summed E-state index contributed by atoms with van der Waals surface area (Å²) in [5.41, 5.74) is 6.76. The van der Waals surface area contributed by atoms with Crippen molar-refractivity contribution >= 4 is 11.6 Å². The fourth-order valence-corrected chi connectivity index (χ4v) is 2.44. The van der Waals surface area contributed by atoms with Gasteiger partial charge in [0.25, 0.3) is 0 Å². The van der Waals surface area contributed by atoms with Crippen LogP contribution in [0.25, 0.3) is 0 Å². The van der Waals surface area contributed by atoms with Gasteiger partial charge in [-0.1, -0.05) is 6.42 Å². The van der Waals surface area contributed by atoms with E-state index in [1.54, 1.807) is 7.11 Å². The Morgan fingerprint density at radius 1 is 1.39 bits per heavy atom. The van der Waals surface area contributed by atoms with Gasteiger partial charge in [0, 0.05) is 18.2 Å². The maximum atomic E-state index is 11.9. The number of carbonyl (C=O) groups excluding carboxylic acids is 1. The minimum absolute atomic E-state index is 0.0440. The number of carbonyl (C=O) groups is 1. The second-order valence-electron chi connectivity index (χ2n) is 4.84. The molecule has 0 radical (unpaired) electrons. The molecule has 1 aromatic carbocycles. The largest absolute Gasteiger partial charge is 0.497 e. The summed E-state index contributed by atoms with van der Waals surface area (Å²) in [6, 6.07) is 7.52. The number of amides is 1. The highest BCUT2D eigenvalue weighted by Gasteiger charge is 2.25. The molecule has 0 aromatic heterocycles. The first kappa shape index (κ1) is 12.9. The van der Waals surface area contributed by atoms with Crippen molar-refractivity contribution in [1.82, 2.24) is 0 Å². The van der Waals surface area contributed by atoms with Gasteiger partial charge in [-0.3, -0.25) is 4.79 Å². The molecular weight excluding hydrogens is 228 g/mol. The van der Waals surface area contributed by atoms with E-state index in [9.17, 15) is 4.79 Å². The van der Waals surface area contributed by atoms with Crippen LogP contribution in [0.1, 0.15) is 25.7 Å². The molecule has 0 spiro atoms. The zero-order valence-corrected chi connectivity index (χ0v) is 10.7. The predicted molar refractivity (Wildman–Crippen MR) is 71.6 cm³/mol. The fourth-order valence-electron chi connectivity index (χ4n) is 2.44. The van der Waals surface area contributed by atoms with Gasteiger partial charge in [-0.05, 0) is 43.0 Å². The van der Waals surface area contributed by atoms with Gasteiger partial charge in [0.1, 0.15) is 5.75 Å². The Bertz CT molecular complexity index is 403. The van der Waals surface area contributed by atoms with Gasteiger partial charge in [-0.15, -0.1) is 0 Å². The minimum atomic E-state index is 0.0440. The number of nitrogens with one attached hydrogen (secondary N) is 1. The van der Waals surface area contributed by atoms with Crippen molar-refractivity contribution in [2.75, 3.05) is 12.4 Å². The third kappa shape index (κ3) is 3.23. The molecule has 0 aliphatic heterocycles. The molecule has 0 unspecified atom stereocenters. The Balaban J connectivity index is 1.86. The second-order valence-corrected chi connectivity index (χ2v) is 4.84. The number of methoxy groups -OCH3 is 1. The third-order valence-corrected chi connectivity index (χ3v) is 3.54. The van der Waals surface area contributed by atoms with Crippen LogP contribution in [-0.2, 0) is 4.79 Å². The molecular formula is C14H20N2O2. The lowest BCUT2D eigenvalue weighted by Crippen LogP contribution is -2.28. The molecule has 4 nitrogen and oxygen atoms in total. The average molecular weight is 248 g/mol. The third-order valence-electron chi connectivity index (χ3n) is 3.54. The standard InChI is InChI=1S/C14H20N2O2/c1-18-12-7-5-11(6-8-12)16-14(17)9-10-3-2-4-13(10)15/h5-8,10,13H,2-4,9,15H2,1H3,(H,16,17)/t10-,13+/m0/s1. The fraction of sp³-hybridized carbons (Fsp3) is 0.500. The lowest BCUT2D eigenvalue weighted by molar-refractivity contribution is -0.117. The van der Waals surface area contributed by atoms with Gasteiger partial charge < -0.3 is 15.8 Å². The summed E-state index contributed by atoms with van der Waals surface area (Å²) in [6.07, 6.45) is 3.77. The summed E-state index contributed by atoms with van der Waals surface area (Å²) < 4.78 is 5.07. The molecule has 1 aliphatic rings. The van der Waals surface area contributed by atoms with Crippen LogP contribution >= 0.6 is 0 Å². The lowest BCUT2D eigenvalue weighted by Gasteiger charge is -2.14. The van der Waals surface area contributed by atoms with Gasteiger partial charge >= 0.3 is 0 Å². The summed E-state index contributed by atoms with van der Waals surface area (Å²) in [7, 11) is 1.62. The van der Waals surface area contributed by atoms with Crippen molar-refractivity contribution in [3.63, 3.8) is 0 Å². The number of rotatable bonds is 4. The Labute approximate surface area is 108 Å². The predicted octanol–water partition coefficient (Wildman–Crippen LogP) is 2.15. The van der Waals surface area contributed by atoms with Crippen LogP contribution in [0, 0.1) is 5.92 Å². The highest BCUT2D eigenvalue weighted by Crippen LogP contribution is 2.27. The van der Waals surface area contributed by atoms with Crippen LogP contribution in [0.2, 0.25) is 0 Å². The Morgan fingerprint density at radius 2 is 2.11 bits per heavy atom. The van der Waals surface area contributed by atoms with Crippen LogP contribution in [0.3, 0.4) is 0 Å². The molecule has 3 N–H and O–H groups in total. The number of ether oxygens (including phenoxy) is 1. The average Bonchev–Trinajstić information content (AvgIpc) is 2.76. The van der Waals surface area contributed by atoms with Crippen molar-refractivity contribution in [2.45, 2.75) is 31.7 Å². The maximum absolute atomic E-state index is 11.9. The number of anilines is 1. The Hall–Kier alpha value is -1.55. The first-order valence-corrected chi connectivity index (χ1v) is 6.38. The van der Waals surface area contributed by atoms with E-state index in [2.05, 4.69) is 5.32 Å². The summed E-state index contributed by atoms with van der Waals surface area (Å²) in [5.74, 6) is 1.16. The molecule has 1 saturated carbocycles.